The Balaban J connectivity index is 0.000000365. The van der Waals surface area contributed by atoms with Crippen LogP contribution in [0.15, 0.2) is 291 Å². The molecule has 0 heterocycles. The van der Waals surface area contributed by atoms with Gasteiger partial charge in [0.15, 0.2) is 0 Å². The Labute approximate surface area is 481 Å². The van der Waals surface area contributed by atoms with Crippen molar-refractivity contribution in [3.8, 4) is 11.5 Å². The second-order valence-corrected chi connectivity index (χ2v) is 22.1. The molecule has 10 rings (SSSR count). The average molecular weight is 1190 g/mol. The van der Waals surface area contributed by atoms with Crippen LogP contribution in [0.25, 0.3) is 21.6 Å². The van der Waals surface area contributed by atoms with Crippen molar-refractivity contribution in [1.29, 1.82) is 0 Å². The molecular weight excluding hydrogens is 1130 g/mol. The van der Waals surface area contributed by atoms with Gasteiger partial charge in [0.1, 0.15) is 57.0 Å². The zero-order chi connectivity index (χ0) is 56.4. The zero-order valence-corrected chi connectivity index (χ0v) is 47.4. The van der Waals surface area contributed by atoms with Crippen LogP contribution in [0, 0.1) is 12.1 Å². The number of hydrogen-bond acceptors (Lipinski definition) is 6. The van der Waals surface area contributed by atoms with E-state index in [4.69, 9.17) is 50.3 Å². The fourth-order valence-electron chi connectivity index (χ4n) is 8.02. The first kappa shape index (κ1) is 66.1. The fourth-order valence-corrected chi connectivity index (χ4v) is 16.5. The summed E-state index contributed by atoms with van der Waals surface area (Å²) in [6, 6.07) is 108. The van der Waals surface area contributed by atoms with Gasteiger partial charge in [-0.15, -0.1) is 24.3 Å². The molecule has 13 heteroatoms. The summed E-state index contributed by atoms with van der Waals surface area (Å²) in [5, 5.41) is 38.2. The monoisotopic (exact) mass is 1190 g/mol. The molecule has 10 aromatic rings. The summed E-state index contributed by atoms with van der Waals surface area (Å²) < 4.78 is 9.79. The first-order valence-corrected chi connectivity index (χ1v) is 27.2. The van der Waals surface area contributed by atoms with E-state index in [-0.39, 0.29) is 23.7 Å². The van der Waals surface area contributed by atoms with E-state index in [1.165, 1.54) is 42.4 Å². The van der Waals surface area contributed by atoms with Gasteiger partial charge in [-0.2, -0.15) is 36.4 Å². The quantitative estimate of drug-likeness (QED) is 0.0433. The zero-order valence-electron chi connectivity index (χ0n) is 43.3. The van der Waals surface area contributed by atoms with Gasteiger partial charge in [0, 0.05) is 11.5 Å². The molecular formula is C66H54N4O6P2Te. The van der Waals surface area contributed by atoms with Crippen LogP contribution in [0.4, 0.5) is 0 Å². The number of hydrogen-bond donors (Lipinski definition) is 0. The van der Waals surface area contributed by atoms with Gasteiger partial charge in [0.25, 0.3) is 0 Å². The maximum atomic E-state index is 8.24. The van der Waals surface area contributed by atoms with Crippen LogP contribution < -0.4 is 51.9 Å². The second kappa shape index (κ2) is 40.3. The van der Waals surface area contributed by atoms with Crippen LogP contribution >= 0.6 is 14.5 Å². The molecule has 2 radical (unpaired) electrons. The van der Waals surface area contributed by atoms with E-state index >= 15 is 0 Å². The van der Waals surface area contributed by atoms with Gasteiger partial charge in [-0.05, 0) is 121 Å². The minimum Gasteiger partial charge on any atom is -0.724 e. The van der Waals surface area contributed by atoms with Crippen LogP contribution in [-0.2, 0) is 19.2 Å². The van der Waals surface area contributed by atoms with Gasteiger partial charge >= 0.3 is 23.7 Å². The second-order valence-electron chi connectivity index (χ2n) is 15.3. The Kier molecular flexibility index (Phi) is 33.7. The molecule has 0 saturated carbocycles. The summed E-state index contributed by atoms with van der Waals surface area (Å²) >= 11 is 0. The Morgan fingerprint density at radius 3 is 0.506 bits per heavy atom. The maximum Gasteiger partial charge on any atom is 4.00 e. The van der Waals surface area contributed by atoms with Gasteiger partial charge < -0.3 is 31.1 Å². The van der Waals surface area contributed by atoms with Crippen molar-refractivity contribution in [2.24, 2.45) is 0 Å². The molecule has 79 heavy (non-hydrogen) atoms. The number of carbonyl (C=O) groups excluding carboxylic acids is 4. The van der Waals surface area contributed by atoms with Crippen LogP contribution in [0.5, 0.6) is 11.5 Å². The number of benzene rings is 10. The molecule has 10 aromatic carbocycles. The molecule has 10 nitrogen and oxygen atoms in total. The number of ether oxygens (including phenoxy) is 2. The standard InChI is InChI=1S/2C24H20P.2C7H7O.4CNO.Te/c2*1-5-13-21(14-6-1)25(22-15-7-2-8-16-22,23-17-9-3-10-18-23)24-19-11-4-12-20-24;2*1-8-7-5-3-2-4-6-7;4*2-1-3;/h2*1-20H;2*3-6H,1H3;;;;;/q2*+1;6*-1;+4. The van der Waals surface area contributed by atoms with Gasteiger partial charge in [-0.25, -0.2) is 0 Å². The topological polar surface area (TPSA) is 176 Å². The summed E-state index contributed by atoms with van der Waals surface area (Å²) in [6.45, 7) is 0. The fraction of sp³-hybridized carbons (Fsp3) is 0.0303. The Hall–Kier alpha value is -9.03. The van der Waals surface area contributed by atoms with Crippen molar-refractivity contribution in [3.63, 3.8) is 0 Å². The molecule has 0 bridgehead atoms. The van der Waals surface area contributed by atoms with E-state index in [0.717, 1.165) is 11.5 Å². The molecule has 390 valence electrons. The number of methoxy groups -OCH3 is 2. The van der Waals surface area contributed by atoms with Gasteiger partial charge in [0.05, 0.1) is 14.2 Å². The van der Waals surface area contributed by atoms with E-state index in [9.17, 15) is 0 Å². The van der Waals surface area contributed by atoms with Crippen molar-refractivity contribution >= 4 is 105 Å². The van der Waals surface area contributed by atoms with E-state index in [2.05, 4.69) is 255 Å². The molecule has 0 fully saturated rings. The normalized spacial score (nSPS) is 9.24. The Bertz CT molecular complexity index is 2690. The minimum absolute atomic E-state index is 0. The first-order valence-electron chi connectivity index (χ1n) is 23.7. The van der Waals surface area contributed by atoms with E-state index in [1.54, 1.807) is 14.2 Å². The molecule has 0 aliphatic rings. The SMILES string of the molecule is COc1cc[c-]cc1.COc1cc[c-]cc1.[N-]=C=O.[N-]=C=O.[N-]=C=O.[N-]=C=O.[Te+4].c1ccc([P+](c2ccccc2)(c2ccccc2)c2ccccc2)cc1.c1ccc([P+](c2ccccc2)(c2ccccc2)c2ccccc2)cc1. The Morgan fingerprint density at radius 1 is 0.278 bits per heavy atom. The van der Waals surface area contributed by atoms with Crippen molar-refractivity contribution in [1.82, 2.24) is 0 Å². The van der Waals surface area contributed by atoms with Crippen LogP contribution in [0.1, 0.15) is 0 Å². The summed E-state index contributed by atoms with van der Waals surface area (Å²) in [6.07, 6.45) is 2.00. The predicted molar refractivity (Wildman–Crippen MR) is 328 cm³/mol. The van der Waals surface area contributed by atoms with E-state index in [0.29, 0.717) is 24.3 Å². The third-order valence-corrected chi connectivity index (χ3v) is 19.6. The minimum atomic E-state index is -1.91. The number of isocyanates is 4. The Morgan fingerprint density at radius 2 is 0.405 bits per heavy atom. The molecule has 0 saturated heterocycles. The molecule has 0 N–H and O–H groups in total. The first-order chi connectivity index (χ1) is 38.4. The van der Waals surface area contributed by atoms with Gasteiger partial charge in [-0.1, -0.05) is 146 Å². The summed E-state index contributed by atoms with van der Waals surface area (Å²) in [5.74, 6) is 1.76. The van der Waals surface area contributed by atoms with Crippen molar-refractivity contribution in [3.05, 3.63) is 325 Å². The smallest absolute Gasteiger partial charge is 0.724 e. The average Bonchev–Trinajstić information content (AvgIpc) is 3.57. The van der Waals surface area contributed by atoms with E-state index < -0.39 is 14.5 Å². The summed E-state index contributed by atoms with van der Waals surface area (Å²) in [7, 11) is -0.515. The third kappa shape index (κ3) is 20.5. The molecule has 0 atom stereocenters. The predicted octanol–water partition coefficient (Wildman–Crippen LogP) is 10.8. The molecule has 0 aliphatic carbocycles. The molecule has 0 spiro atoms. The molecule has 0 unspecified atom stereocenters. The number of nitrogens with zero attached hydrogens (tertiary/aromatic N) is 4. The van der Waals surface area contributed by atoms with E-state index in [1.807, 2.05) is 48.5 Å². The number of rotatable bonds is 10. The molecule has 0 aromatic heterocycles. The van der Waals surface area contributed by atoms with Crippen LogP contribution in [0.3, 0.4) is 0 Å². The van der Waals surface area contributed by atoms with Gasteiger partial charge in [-0.3, -0.25) is 19.2 Å². The van der Waals surface area contributed by atoms with Crippen LogP contribution in [-0.4, -0.2) is 62.2 Å². The summed E-state index contributed by atoms with van der Waals surface area (Å²) in [4.78, 5) is 32.9. The third-order valence-electron chi connectivity index (χ3n) is 11.0. The van der Waals surface area contributed by atoms with Gasteiger partial charge in [0.2, 0.25) is 0 Å². The molecule has 0 aliphatic heterocycles. The van der Waals surface area contributed by atoms with Crippen molar-refractivity contribution in [2.45, 2.75) is 0 Å². The molecule has 0 amide bonds. The van der Waals surface area contributed by atoms with Crippen molar-refractivity contribution < 1.29 is 28.7 Å². The van der Waals surface area contributed by atoms with Crippen LogP contribution in [0.2, 0.25) is 0 Å². The van der Waals surface area contributed by atoms with Crippen molar-refractivity contribution in [2.75, 3.05) is 14.2 Å². The largest absolute Gasteiger partial charge is 4.00 e. The maximum absolute atomic E-state index is 8.24. The summed E-state index contributed by atoms with van der Waals surface area (Å²) in [5.41, 5.74) is 0.